The van der Waals surface area contributed by atoms with Crippen LogP contribution in [0.3, 0.4) is 0 Å². The topological polar surface area (TPSA) is 83.7 Å². The summed E-state index contributed by atoms with van der Waals surface area (Å²) in [5, 5.41) is 0.428. The molecule has 0 fully saturated rings. The molecule has 0 aliphatic heterocycles. The highest BCUT2D eigenvalue weighted by Crippen LogP contribution is 2.38. The van der Waals surface area contributed by atoms with Crippen LogP contribution in [0.25, 0.3) is 22.3 Å². The van der Waals surface area contributed by atoms with Crippen molar-refractivity contribution >= 4 is 11.0 Å². The minimum Gasteiger partial charge on any atom is -0.493 e. The Bertz CT molecular complexity index is 1370. The van der Waals surface area contributed by atoms with Gasteiger partial charge in [0.15, 0.2) is 17.3 Å². The average molecular weight is 432 g/mol. The van der Waals surface area contributed by atoms with Crippen molar-refractivity contribution in [3.63, 3.8) is 0 Å². The fourth-order valence-corrected chi connectivity index (χ4v) is 3.52. The van der Waals surface area contributed by atoms with Crippen LogP contribution in [0.2, 0.25) is 0 Å². The Morgan fingerprint density at radius 1 is 0.812 bits per heavy atom. The smallest absolute Gasteiger partial charge is 0.322 e. The molecule has 0 unspecified atom stereocenters. The summed E-state index contributed by atoms with van der Waals surface area (Å²) < 4.78 is 23.0. The van der Waals surface area contributed by atoms with Crippen molar-refractivity contribution in [3.8, 4) is 34.6 Å². The molecule has 0 spiro atoms. The number of benzene rings is 2. The van der Waals surface area contributed by atoms with E-state index in [4.69, 9.17) is 18.6 Å². The Morgan fingerprint density at radius 3 is 2.12 bits per heavy atom. The summed E-state index contributed by atoms with van der Waals surface area (Å²) in [5.41, 5.74) is 4.23. The molecule has 0 N–H and O–H groups in total. The highest BCUT2D eigenvalue weighted by Gasteiger charge is 2.21. The van der Waals surface area contributed by atoms with Crippen LogP contribution in [-0.4, -0.2) is 24.2 Å². The molecule has 2 aromatic carbocycles. The molecular weight excluding hydrogens is 408 g/mol. The largest absolute Gasteiger partial charge is 0.493 e. The Kier molecular flexibility index (Phi) is 5.57. The van der Waals surface area contributed by atoms with Gasteiger partial charge in [0.05, 0.1) is 19.6 Å². The van der Waals surface area contributed by atoms with Gasteiger partial charge in [0.1, 0.15) is 5.58 Å². The van der Waals surface area contributed by atoms with E-state index in [0.717, 1.165) is 22.5 Å². The summed E-state index contributed by atoms with van der Waals surface area (Å²) in [6, 6.07) is 10.8. The summed E-state index contributed by atoms with van der Waals surface area (Å²) in [7, 11) is 3.11. The number of nitrogens with zero attached hydrogens (tertiary/aromatic N) is 2. The molecule has 0 aliphatic rings. The van der Waals surface area contributed by atoms with Crippen LogP contribution in [0.5, 0.6) is 23.3 Å². The molecule has 0 aliphatic carbocycles. The van der Waals surface area contributed by atoms with Crippen LogP contribution < -0.4 is 19.6 Å². The van der Waals surface area contributed by atoms with Gasteiger partial charge in [-0.25, -0.2) is 9.97 Å². The molecule has 164 valence electrons. The first kappa shape index (κ1) is 21.4. The summed E-state index contributed by atoms with van der Waals surface area (Å²) in [6.45, 7) is 7.60. The zero-order valence-corrected chi connectivity index (χ0v) is 18.9. The zero-order valence-electron chi connectivity index (χ0n) is 18.9. The quantitative estimate of drug-likeness (QED) is 0.423. The Morgan fingerprint density at radius 2 is 1.47 bits per heavy atom. The van der Waals surface area contributed by atoms with Crippen molar-refractivity contribution in [2.75, 3.05) is 14.2 Å². The van der Waals surface area contributed by atoms with E-state index in [9.17, 15) is 4.79 Å². The van der Waals surface area contributed by atoms with E-state index >= 15 is 0 Å². The predicted octanol–water partition coefficient (Wildman–Crippen LogP) is 5.29. The van der Waals surface area contributed by atoms with E-state index in [2.05, 4.69) is 9.97 Å². The van der Waals surface area contributed by atoms with Gasteiger partial charge in [0.25, 0.3) is 0 Å². The number of aryl methyl sites for hydroxylation is 4. The number of rotatable bonds is 5. The maximum absolute atomic E-state index is 13.5. The van der Waals surface area contributed by atoms with Gasteiger partial charge in [0, 0.05) is 17.0 Å². The molecule has 7 heteroatoms. The molecular formula is C25H24N2O5. The fourth-order valence-electron chi connectivity index (χ4n) is 3.52. The first-order valence-corrected chi connectivity index (χ1v) is 10.1. The van der Waals surface area contributed by atoms with E-state index in [1.54, 1.807) is 32.4 Å². The lowest BCUT2D eigenvalue weighted by Crippen LogP contribution is -2.09. The molecule has 0 saturated carbocycles. The van der Waals surface area contributed by atoms with E-state index < -0.39 is 0 Å². The SMILES string of the molecule is COc1ccc(-c2oc3cc(C)c(C)cc3c(=O)c2Oc2nc(C)cc(C)n2)cc1OC. The normalized spacial score (nSPS) is 10.9. The van der Waals surface area contributed by atoms with Crippen molar-refractivity contribution in [2.24, 2.45) is 0 Å². The van der Waals surface area contributed by atoms with Crippen molar-refractivity contribution in [3.05, 3.63) is 69.1 Å². The lowest BCUT2D eigenvalue weighted by molar-refractivity contribution is 0.355. The lowest BCUT2D eigenvalue weighted by Gasteiger charge is -2.14. The van der Waals surface area contributed by atoms with Crippen LogP contribution >= 0.6 is 0 Å². The van der Waals surface area contributed by atoms with Crippen molar-refractivity contribution in [2.45, 2.75) is 27.7 Å². The van der Waals surface area contributed by atoms with Crippen molar-refractivity contribution in [1.82, 2.24) is 9.97 Å². The van der Waals surface area contributed by atoms with Crippen LogP contribution in [0.15, 0.2) is 45.6 Å². The van der Waals surface area contributed by atoms with E-state index in [0.29, 0.717) is 28.0 Å². The van der Waals surface area contributed by atoms with Crippen molar-refractivity contribution < 1.29 is 18.6 Å². The van der Waals surface area contributed by atoms with Gasteiger partial charge in [-0.3, -0.25) is 4.79 Å². The van der Waals surface area contributed by atoms with Crippen LogP contribution in [0, 0.1) is 27.7 Å². The zero-order chi connectivity index (χ0) is 23.0. The maximum Gasteiger partial charge on any atom is 0.322 e. The number of fused-ring (bicyclic) bond motifs is 1. The third-order valence-corrected chi connectivity index (χ3v) is 5.27. The molecule has 2 heterocycles. The number of hydrogen-bond acceptors (Lipinski definition) is 7. The van der Waals surface area contributed by atoms with Gasteiger partial charge in [-0.15, -0.1) is 0 Å². The van der Waals surface area contributed by atoms with Crippen molar-refractivity contribution in [1.29, 1.82) is 0 Å². The van der Waals surface area contributed by atoms with Gasteiger partial charge in [0.2, 0.25) is 11.2 Å². The molecule has 0 saturated heterocycles. The first-order chi connectivity index (χ1) is 15.3. The summed E-state index contributed by atoms with van der Waals surface area (Å²) >= 11 is 0. The van der Waals surface area contributed by atoms with E-state index in [1.807, 2.05) is 45.9 Å². The second-order valence-electron chi connectivity index (χ2n) is 7.63. The molecule has 0 atom stereocenters. The highest BCUT2D eigenvalue weighted by atomic mass is 16.5. The molecule has 0 radical (unpaired) electrons. The third-order valence-electron chi connectivity index (χ3n) is 5.27. The highest BCUT2D eigenvalue weighted by molar-refractivity contribution is 5.83. The second-order valence-corrected chi connectivity index (χ2v) is 7.63. The standard InChI is InChI=1S/C25H24N2O5/c1-13-9-18-20(10-14(13)2)31-23(17-7-8-19(29-5)21(12-17)30-6)24(22(18)28)32-25-26-15(3)11-16(4)27-25/h7-12H,1-6H3. The van der Waals surface area contributed by atoms with Gasteiger partial charge in [-0.05, 0) is 75.2 Å². The van der Waals surface area contributed by atoms with Gasteiger partial charge in [-0.2, -0.15) is 0 Å². The monoisotopic (exact) mass is 432 g/mol. The minimum absolute atomic E-state index is 0.0120. The summed E-state index contributed by atoms with van der Waals surface area (Å²) in [6.07, 6.45) is 0. The molecule has 2 aromatic heterocycles. The molecule has 0 bridgehead atoms. The van der Waals surface area contributed by atoms with Gasteiger partial charge in [-0.1, -0.05) is 0 Å². The average Bonchev–Trinajstić information content (AvgIpc) is 2.76. The predicted molar refractivity (Wildman–Crippen MR) is 122 cm³/mol. The van der Waals surface area contributed by atoms with Gasteiger partial charge >= 0.3 is 6.01 Å². The second kappa shape index (κ2) is 8.34. The summed E-state index contributed by atoms with van der Waals surface area (Å²) in [5.74, 6) is 1.33. The summed E-state index contributed by atoms with van der Waals surface area (Å²) in [4.78, 5) is 22.2. The molecule has 4 rings (SSSR count). The third kappa shape index (κ3) is 3.89. The van der Waals surface area contributed by atoms with Crippen LogP contribution in [-0.2, 0) is 0 Å². The van der Waals surface area contributed by atoms with E-state index in [1.165, 1.54) is 0 Å². The van der Waals surface area contributed by atoms with Crippen LogP contribution in [0.4, 0.5) is 0 Å². The molecule has 4 aromatic rings. The number of aromatic nitrogens is 2. The molecule has 7 nitrogen and oxygen atoms in total. The van der Waals surface area contributed by atoms with E-state index in [-0.39, 0.29) is 22.9 Å². The number of ether oxygens (including phenoxy) is 3. The maximum atomic E-state index is 13.5. The minimum atomic E-state index is -0.304. The Balaban J connectivity index is 2.00. The van der Waals surface area contributed by atoms with Gasteiger partial charge < -0.3 is 18.6 Å². The Labute approximate surface area is 185 Å². The molecule has 32 heavy (non-hydrogen) atoms. The Hall–Kier alpha value is -3.87. The lowest BCUT2D eigenvalue weighted by atomic mass is 10.0. The fraction of sp³-hybridized carbons (Fsp3) is 0.240. The number of methoxy groups -OCH3 is 2. The number of hydrogen-bond donors (Lipinski definition) is 0. The van der Waals surface area contributed by atoms with Crippen LogP contribution in [0.1, 0.15) is 22.5 Å². The molecule has 0 amide bonds. The first-order valence-electron chi connectivity index (χ1n) is 10.1.